The van der Waals surface area contributed by atoms with E-state index in [4.69, 9.17) is 11.6 Å². The smallest absolute Gasteiger partial charge is 0.271 e. The number of amides is 2. The van der Waals surface area contributed by atoms with E-state index in [-0.39, 0.29) is 17.5 Å². The van der Waals surface area contributed by atoms with Crippen LogP contribution >= 0.6 is 11.6 Å². The van der Waals surface area contributed by atoms with Crippen LogP contribution in [0.5, 0.6) is 0 Å². The molecule has 3 rings (SSSR count). The maximum atomic E-state index is 12.3. The van der Waals surface area contributed by atoms with Crippen LogP contribution in [-0.4, -0.2) is 28.1 Å². The number of aromatic nitrogens is 2. The van der Waals surface area contributed by atoms with Crippen LogP contribution in [0.3, 0.4) is 0 Å². The van der Waals surface area contributed by atoms with Crippen LogP contribution in [0.25, 0.3) is 0 Å². The quantitative estimate of drug-likeness (QED) is 0.686. The molecule has 0 fully saturated rings. The fourth-order valence-electron chi connectivity index (χ4n) is 2.58. The fraction of sp³-hybridized carbons (Fsp3) is 0.150. The van der Waals surface area contributed by atoms with Crippen LogP contribution in [0.2, 0.25) is 5.02 Å². The summed E-state index contributed by atoms with van der Waals surface area (Å²) in [5.41, 5.74) is 1.82. The molecule has 0 unspecified atom stereocenters. The molecule has 27 heavy (non-hydrogen) atoms. The number of nitrogens with one attached hydrogen (secondary N) is 2. The maximum absolute atomic E-state index is 12.3. The van der Waals surface area contributed by atoms with Gasteiger partial charge in [0.2, 0.25) is 0 Å². The summed E-state index contributed by atoms with van der Waals surface area (Å²) in [7, 11) is 1.67. The van der Waals surface area contributed by atoms with Gasteiger partial charge in [-0.15, -0.1) is 0 Å². The number of benzene rings is 2. The Labute approximate surface area is 162 Å². The summed E-state index contributed by atoms with van der Waals surface area (Å²) in [4.78, 5) is 24.5. The number of nitrogens with zero attached hydrogens (tertiary/aromatic N) is 2. The van der Waals surface area contributed by atoms with E-state index in [1.54, 1.807) is 37.4 Å². The molecule has 0 bridgehead atoms. The highest BCUT2D eigenvalue weighted by atomic mass is 35.5. The highest BCUT2D eigenvalue weighted by molar-refractivity contribution is 6.30. The Bertz CT molecular complexity index is 954. The second-order valence-corrected chi connectivity index (χ2v) is 6.43. The lowest BCUT2D eigenvalue weighted by Gasteiger charge is -2.04. The molecule has 0 radical (unpaired) electrons. The van der Waals surface area contributed by atoms with E-state index in [0.29, 0.717) is 29.4 Å². The Kier molecular flexibility index (Phi) is 5.88. The lowest BCUT2D eigenvalue weighted by Crippen LogP contribution is -2.26. The molecule has 0 aliphatic carbocycles. The number of aryl methyl sites for hydroxylation is 1. The van der Waals surface area contributed by atoms with E-state index in [9.17, 15) is 9.59 Å². The van der Waals surface area contributed by atoms with Crippen molar-refractivity contribution in [2.45, 2.75) is 6.42 Å². The van der Waals surface area contributed by atoms with Crippen LogP contribution in [0.15, 0.2) is 60.7 Å². The molecule has 0 saturated heterocycles. The normalized spacial score (nSPS) is 10.4. The van der Waals surface area contributed by atoms with Crippen LogP contribution < -0.4 is 10.6 Å². The van der Waals surface area contributed by atoms with Crippen molar-refractivity contribution < 1.29 is 9.59 Å². The van der Waals surface area contributed by atoms with Gasteiger partial charge in [0.15, 0.2) is 5.69 Å². The Morgan fingerprint density at radius 2 is 1.81 bits per heavy atom. The third kappa shape index (κ3) is 4.95. The van der Waals surface area contributed by atoms with Gasteiger partial charge >= 0.3 is 0 Å². The molecule has 7 heteroatoms. The molecule has 138 valence electrons. The summed E-state index contributed by atoms with van der Waals surface area (Å²) in [5.74, 6) is -0.108. The van der Waals surface area contributed by atoms with Gasteiger partial charge in [0.1, 0.15) is 5.82 Å². The predicted molar refractivity (Wildman–Crippen MR) is 105 cm³/mol. The minimum Gasteiger partial charge on any atom is -0.350 e. The zero-order chi connectivity index (χ0) is 19.2. The van der Waals surface area contributed by atoms with E-state index in [1.165, 1.54) is 4.68 Å². The molecule has 1 heterocycles. The van der Waals surface area contributed by atoms with Gasteiger partial charge in [-0.3, -0.25) is 14.3 Å². The maximum Gasteiger partial charge on any atom is 0.271 e. The van der Waals surface area contributed by atoms with E-state index in [0.717, 1.165) is 5.56 Å². The van der Waals surface area contributed by atoms with Crippen molar-refractivity contribution in [3.8, 4) is 0 Å². The molecule has 0 aliphatic heterocycles. The summed E-state index contributed by atoms with van der Waals surface area (Å²) in [5, 5.41) is 10.4. The van der Waals surface area contributed by atoms with Crippen molar-refractivity contribution in [1.82, 2.24) is 15.1 Å². The average molecular weight is 383 g/mol. The van der Waals surface area contributed by atoms with Crippen molar-refractivity contribution in [2.75, 3.05) is 11.9 Å². The van der Waals surface area contributed by atoms with Crippen LogP contribution in [-0.2, 0) is 13.5 Å². The van der Waals surface area contributed by atoms with Crippen LogP contribution in [0.1, 0.15) is 26.4 Å². The average Bonchev–Trinajstić information content (AvgIpc) is 3.03. The van der Waals surface area contributed by atoms with Gasteiger partial charge < -0.3 is 10.6 Å². The molecule has 0 atom stereocenters. The number of hydrogen-bond donors (Lipinski definition) is 2. The highest BCUT2D eigenvalue weighted by Crippen LogP contribution is 2.12. The largest absolute Gasteiger partial charge is 0.350 e. The lowest BCUT2D eigenvalue weighted by molar-refractivity contribution is 0.0947. The molecule has 0 aliphatic rings. The van der Waals surface area contributed by atoms with Crippen molar-refractivity contribution in [3.05, 3.63) is 82.5 Å². The molecule has 0 spiro atoms. The first-order valence-corrected chi connectivity index (χ1v) is 8.84. The summed E-state index contributed by atoms with van der Waals surface area (Å²) >= 11 is 5.95. The number of rotatable bonds is 6. The second kappa shape index (κ2) is 8.51. The molecular weight excluding hydrogens is 364 g/mol. The van der Waals surface area contributed by atoms with Crippen molar-refractivity contribution >= 4 is 29.2 Å². The van der Waals surface area contributed by atoms with Gasteiger partial charge in [-0.2, -0.15) is 5.10 Å². The van der Waals surface area contributed by atoms with Crippen molar-refractivity contribution in [3.63, 3.8) is 0 Å². The summed E-state index contributed by atoms with van der Waals surface area (Å²) < 4.78 is 1.47. The zero-order valence-electron chi connectivity index (χ0n) is 14.8. The van der Waals surface area contributed by atoms with Gasteiger partial charge in [-0.1, -0.05) is 41.9 Å². The Morgan fingerprint density at radius 1 is 1.04 bits per heavy atom. The summed E-state index contributed by atoms with van der Waals surface area (Å²) in [6, 6.07) is 17.9. The first-order valence-electron chi connectivity index (χ1n) is 8.46. The van der Waals surface area contributed by atoms with E-state index < -0.39 is 0 Å². The van der Waals surface area contributed by atoms with Gasteiger partial charge in [-0.05, 0) is 36.2 Å². The zero-order valence-corrected chi connectivity index (χ0v) is 15.5. The topological polar surface area (TPSA) is 76.0 Å². The SMILES string of the molecule is Cn1nc(C(=O)NCCc2cccc(Cl)c2)cc1NC(=O)c1ccccc1. The number of halogens is 1. The Morgan fingerprint density at radius 3 is 2.56 bits per heavy atom. The predicted octanol–water partition coefficient (Wildman–Crippen LogP) is 3.30. The molecule has 2 amide bonds. The van der Waals surface area contributed by atoms with Crippen molar-refractivity contribution in [1.29, 1.82) is 0 Å². The third-order valence-corrected chi connectivity index (χ3v) is 4.21. The van der Waals surface area contributed by atoms with E-state index in [1.807, 2.05) is 30.3 Å². The third-order valence-electron chi connectivity index (χ3n) is 3.98. The monoisotopic (exact) mass is 382 g/mol. The number of carbonyl (C=O) groups excluding carboxylic acids is 2. The Balaban J connectivity index is 1.58. The second-order valence-electron chi connectivity index (χ2n) is 5.99. The van der Waals surface area contributed by atoms with Gasteiger partial charge in [0, 0.05) is 30.2 Å². The summed E-state index contributed by atoms with van der Waals surface area (Å²) in [6.07, 6.45) is 0.663. The fourth-order valence-corrected chi connectivity index (χ4v) is 2.79. The summed E-state index contributed by atoms with van der Waals surface area (Å²) in [6.45, 7) is 0.460. The Hall–Kier alpha value is -3.12. The standard InChI is InChI=1S/C20H19ClN4O2/c1-25-18(23-19(26)15-7-3-2-4-8-15)13-17(24-25)20(27)22-11-10-14-6-5-9-16(21)12-14/h2-9,12-13H,10-11H2,1H3,(H,22,27)(H,23,26). The molecule has 6 nitrogen and oxygen atoms in total. The van der Waals surface area contributed by atoms with Crippen LogP contribution in [0, 0.1) is 0 Å². The lowest BCUT2D eigenvalue weighted by atomic mass is 10.1. The highest BCUT2D eigenvalue weighted by Gasteiger charge is 2.14. The molecule has 2 N–H and O–H groups in total. The first kappa shape index (κ1) is 18.7. The molecule has 0 saturated carbocycles. The number of hydrogen-bond acceptors (Lipinski definition) is 3. The number of carbonyl (C=O) groups is 2. The molecular formula is C20H19ClN4O2. The minimum absolute atomic E-state index is 0.243. The van der Waals surface area contributed by atoms with Crippen molar-refractivity contribution in [2.24, 2.45) is 7.05 Å². The van der Waals surface area contributed by atoms with E-state index in [2.05, 4.69) is 15.7 Å². The minimum atomic E-state index is -0.298. The van der Waals surface area contributed by atoms with Gasteiger partial charge in [-0.25, -0.2) is 0 Å². The van der Waals surface area contributed by atoms with Gasteiger partial charge in [0.05, 0.1) is 0 Å². The first-order chi connectivity index (χ1) is 13.0. The molecule has 3 aromatic rings. The molecule has 1 aromatic heterocycles. The van der Waals surface area contributed by atoms with Gasteiger partial charge in [0.25, 0.3) is 11.8 Å². The molecule has 2 aromatic carbocycles. The van der Waals surface area contributed by atoms with E-state index >= 15 is 0 Å². The van der Waals surface area contributed by atoms with Crippen LogP contribution in [0.4, 0.5) is 5.82 Å². The number of anilines is 1.